The number of fused-ring (bicyclic) bond motifs is 3. The van der Waals surface area contributed by atoms with Gasteiger partial charge in [0.15, 0.2) is 0 Å². The van der Waals surface area contributed by atoms with Crippen LogP contribution in [-0.2, 0) is 20.0 Å². The summed E-state index contributed by atoms with van der Waals surface area (Å²) in [6, 6.07) is 11.0. The van der Waals surface area contributed by atoms with Gasteiger partial charge in [-0.25, -0.2) is 4.39 Å². The number of nitriles is 1. The molecule has 1 atom stereocenters. The van der Waals surface area contributed by atoms with Gasteiger partial charge in [-0.2, -0.15) is 10.1 Å². The van der Waals surface area contributed by atoms with Gasteiger partial charge in [0.05, 0.1) is 43.4 Å². The van der Waals surface area contributed by atoms with E-state index in [0.717, 1.165) is 23.2 Å². The van der Waals surface area contributed by atoms with E-state index < -0.39 is 11.4 Å². The number of aryl methyl sites for hydroxylation is 2. The van der Waals surface area contributed by atoms with Gasteiger partial charge in [0.25, 0.3) is 5.91 Å². The molecule has 38 heavy (non-hydrogen) atoms. The van der Waals surface area contributed by atoms with Crippen LogP contribution in [0.4, 0.5) is 4.39 Å². The fourth-order valence-corrected chi connectivity index (χ4v) is 5.54. The van der Waals surface area contributed by atoms with E-state index >= 15 is 0 Å². The summed E-state index contributed by atoms with van der Waals surface area (Å²) in [6.07, 6.45) is 3.23. The third kappa shape index (κ3) is 3.63. The van der Waals surface area contributed by atoms with Gasteiger partial charge in [-0.3, -0.25) is 9.78 Å². The lowest BCUT2D eigenvalue weighted by Gasteiger charge is -2.30. The Balaban J connectivity index is 1.58. The lowest BCUT2D eigenvalue weighted by molar-refractivity contribution is 0.0682. The molecule has 0 aliphatic carbocycles. The second-order valence-corrected chi connectivity index (χ2v) is 9.81. The fourth-order valence-electron chi connectivity index (χ4n) is 5.54. The van der Waals surface area contributed by atoms with E-state index in [2.05, 4.69) is 26.5 Å². The standard InChI is InChI=1S/C27H25FN8O2/c1-27(15-29)8-4-9-36(27)26(37)22-13-19(21-6-5-17(28)14-30-21)24-18-12-20(25-31-33-34(2)32-25)23(38-3)11-16(18)7-10-35(22)24/h5-6,11-14H,4,7-10H2,1-3H3/t27-/m1/s1. The van der Waals surface area contributed by atoms with Crippen molar-refractivity contribution in [2.24, 2.45) is 7.05 Å². The van der Waals surface area contributed by atoms with Crippen LogP contribution in [0, 0.1) is 17.1 Å². The van der Waals surface area contributed by atoms with Crippen LogP contribution < -0.4 is 4.74 Å². The molecule has 1 fully saturated rings. The molecular weight excluding hydrogens is 487 g/mol. The average Bonchev–Trinajstić information content (AvgIpc) is 3.65. The molecule has 0 N–H and O–H groups in total. The van der Waals surface area contributed by atoms with Crippen molar-refractivity contribution in [2.75, 3.05) is 13.7 Å². The molecule has 192 valence electrons. The van der Waals surface area contributed by atoms with Gasteiger partial charge in [0.2, 0.25) is 5.82 Å². The third-order valence-corrected chi connectivity index (χ3v) is 7.48. The summed E-state index contributed by atoms with van der Waals surface area (Å²) < 4.78 is 21.4. The molecule has 11 heteroatoms. The Kier molecular flexibility index (Phi) is 5.48. The highest BCUT2D eigenvalue weighted by molar-refractivity contribution is 5.99. The summed E-state index contributed by atoms with van der Waals surface area (Å²) in [6.45, 7) is 2.87. The molecule has 1 amide bonds. The van der Waals surface area contributed by atoms with Crippen molar-refractivity contribution in [3.63, 3.8) is 0 Å². The third-order valence-electron chi connectivity index (χ3n) is 7.48. The molecule has 0 saturated carbocycles. The number of nitrogens with zero attached hydrogens (tertiary/aromatic N) is 8. The predicted molar refractivity (Wildman–Crippen MR) is 135 cm³/mol. The topological polar surface area (TPSA) is 115 Å². The number of tetrazole rings is 1. The van der Waals surface area contributed by atoms with Gasteiger partial charge in [-0.1, -0.05) is 0 Å². The summed E-state index contributed by atoms with van der Waals surface area (Å²) in [4.78, 5) is 21.3. The lowest BCUT2D eigenvalue weighted by Crippen LogP contribution is -2.44. The molecule has 2 aliphatic rings. The van der Waals surface area contributed by atoms with Crippen LogP contribution >= 0.6 is 0 Å². The van der Waals surface area contributed by atoms with Gasteiger partial charge in [-0.15, -0.1) is 10.2 Å². The van der Waals surface area contributed by atoms with E-state index in [-0.39, 0.29) is 5.91 Å². The smallest absolute Gasteiger partial charge is 0.271 e. The summed E-state index contributed by atoms with van der Waals surface area (Å²) >= 11 is 0. The number of halogens is 1. The largest absolute Gasteiger partial charge is 0.496 e. The molecule has 3 aromatic heterocycles. The van der Waals surface area contributed by atoms with Crippen LogP contribution in [0.25, 0.3) is 33.9 Å². The number of aromatic nitrogens is 6. The zero-order chi connectivity index (χ0) is 26.6. The SMILES string of the molecule is COc1cc2c(cc1-c1nnn(C)n1)-c1c(-c3ccc(F)cn3)cc(C(=O)N3CCC[C@]3(C)C#N)n1CC2. The number of ether oxygens (including phenoxy) is 1. The molecule has 10 nitrogen and oxygen atoms in total. The molecule has 5 heterocycles. The first-order valence-corrected chi connectivity index (χ1v) is 12.4. The fraction of sp³-hybridized carbons (Fsp3) is 0.333. The molecule has 0 unspecified atom stereocenters. The highest BCUT2D eigenvalue weighted by Crippen LogP contribution is 2.44. The number of amides is 1. The first-order valence-electron chi connectivity index (χ1n) is 12.4. The maximum absolute atomic E-state index is 13.9. The van der Waals surface area contributed by atoms with Crippen LogP contribution in [0.15, 0.2) is 36.5 Å². The summed E-state index contributed by atoms with van der Waals surface area (Å²) in [5, 5.41) is 22.3. The molecule has 1 saturated heterocycles. The van der Waals surface area contributed by atoms with Crippen molar-refractivity contribution in [1.29, 1.82) is 5.26 Å². The summed E-state index contributed by atoms with van der Waals surface area (Å²) in [7, 11) is 3.29. The lowest BCUT2D eigenvalue weighted by atomic mass is 9.92. The van der Waals surface area contributed by atoms with Crippen LogP contribution in [0.3, 0.4) is 0 Å². The minimum Gasteiger partial charge on any atom is -0.496 e. The van der Waals surface area contributed by atoms with Crippen molar-refractivity contribution in [2.45, 2.75) is 38.3 Å². The first-order chi connectivity index (χ1) is 18.3. The second-order valence-electron chi connectivity index (χ2n) is 9.81. The second kappa shape index (κ2) is 8.76. The Morgan fingerprint density at radius 3 is 2.71 bits per heavy atom. The minimum absolute atomic E-state index is 0.200. The maximum atomic E-state index is 13.9. The highest BCUT2D eigenvalue weighted by atomic mass is 19.1. The number of carbonyl (C=O) groups excluding carboxylic acids is 1. The van der Waals surface area contributed by atoms with Crippen molar-refractivity contribution >= 4 is 5.91 Å². The Bertz CT molecular complexity index is 1620. The average molecular weight is 513 g/mol. The molecule has 1 aromatic carbocycles. The van der Waals surface area contributed by atoms with Gasteiger partial charge >= 0.3 is 0 Å². The number of hydrogen-bond acceptors (Lipinski definition) is 7. The van der Waals surface area contributed by atoms with Crippen molar-refractivity contribution in [3.05, 3.63) is 53.6 Å². The van der Waals surface area contributed by atoms with Crippen molar-refractivity contribution < 1.29 is 13.9 Å². The van der Waals surface area contributed by atoms with Crippen LogP contribution in [-0.4, -0.2) is 59.8 Å². The van der Waals surface area contributed by atoms with Gasteiger partial charge < -0.3 is 14.2 Å². The van der Waals surface area contributed by atoms with Crippen molar-refractivity contribution in [1.82, 2.24) is 34.7 Å². The van der Waals surface area contributed by atoms with Gasteiger partial charge in [0, 0.05) is 24.2 Å². The Hall–Kier alpha value is -4.59. The Labute approximate surface area is 218 Å². The van der Waals surface area contributed by atoms with Crippen LogP contribution in [0.1, 0.15) is 35.8 Å². The normalized spacial score (nSPS) is 18.1. The quantitative estimate of drug-likeness (QED) is 0.410. The molecule has 6 rings (SSSR count). The first kappa shape index (κ1) is 23.8. The number of benzene rings is 1. The molecule has 0 bridgehead atoms. The van der Waals surface area contributed by atoms with Crippen molar-refractivity contribution in [3.8, 4) is 45.7 Å². The molecule has 0 spiro atoms. The molecule has 4 aromatic rings. The number of methoxy groups -OCH3 is 1. The van der Waals surface area contributed by atoms with Crippen LogP contribution in [0.5, 0.6) is 5.75 Å². The Morgan fingerprint density at radius 2 is 2.03 bits per heavy atom. The van der Waals surface area contributed by atoms with E-state index in [4.69, 9.17) is 4.74 Å². The Morgan fingerprint density at radius 1 is 1.18 bits per heavy atom. The van der Waals surface area contributed by atoms with E-state index in [1.54, 1.807) is 25.1 Å². The number of likely N-dealkylation sites (tertiary alicyclic amines) is 1. The van der Waals surface area contributed by atoms with E-state index in [1.165, 1.54) is 17.1 Å². The monoisotopic (exact) mass is 512 g/mol. The van der Waals surface area contributed by atoms with E-state index in [1.807, 2.05) is 29.7 Å². The van der Waals surface area contributed by atoms with E-state index in [0.29, 0.717) is 60.0 Å². The van der Waals surface area contributed by atoms with Gasteiger partial charge in [0.1, 0.15) is 22.8 Å². The minimum atomic E-state index is -0.860. The predicted octanol–water partition coefficient (Wildman–Crippen LogP) is 3.63. The summed E-state index contributed by atoms with van der Waals surface area (Å²) in [5.41, 5.74) is 4.23. The zero-order valence-corrected chi connectivity index (χ0v) is 21.3. The molecular formula is C27H25FN8O2. The molecule has 2 aliphatic heterocycles. The number of hydrogen-bond donors (Lipinski definition) is 0. The number of pyridine rings is 1. The van der Waals surface area contributed by atoms with Gasteiger partial charge in [-0.05, 0) is 67.3 Å². The molecule has 0 radical (unpaired) electrons. The zero-order valence-electron chi connectivity index (χ0n) is 21.3. The maximum Gasteiger partial charge on any atom is 0.271 e. The summed E-state index contributed by atoms with van der Waals surface area (Å²) in [5.74, 6) is 0.391. The van der Waals surface area contributed by atoms with Crippen LogP contribution in [0.2, 0.25) is 0 Å². The number of rotatable bonds is 4. The highest BCUT2D eigenvalue weighted by Gasteiger charge is 2.42. The number of carbonyl (C=O) groups is 1. The van der Waals surface area contributed by atoms with E-state index in [9.17, 15) is 14.4 Å².